The number of carbonyl (C=O) groups is 2. The molecule has 1 unspecified atom stereocenters. The van der Waals surface area contributed by atoms with Crippen molar-refractivity contribution in [1.29, 1.82) is 0 Å². The van der Waals surface area contributed by atoms with E-state index in [1.807, 2.05) is 6.07 Å². The highest BCUT2D eigenvalue weighted by atomic mass is 16.5. The van der Waals surface area contributed by atoms with Crippen molar-refractivity contribution in [2.45, 2.75) is 26.5 Å². The Labute approximate surface area is 167 Å². The van der Waals surface area contributed by atoms with Crippen LogP contribution < -0.4 is 14.8 Å². The molecule has 0 aliphatic carbocycles. The van der Waals surface area contributed by atoms with Crippen molar-refractivity contribution < 1.29 is 23.8 Å². The smallest absolute Gasteiger partial charge is 0.340 e. The van der Waals surface area contributed by atoms with Gasteiger partial charge >= 0.3 is 5.97 Å². The van der Waals surface area contributed by atoms with Gasteiger partial charge in [-0.1, -0.05) is 6.07 Å². The van der Waals surface area contributed by atoms with Crippen LogP contribution in [0.3, 0.4) is 0 Å². The van der Waals surface area contributed by atoms with Crippen molar-refractivity contribution in [3.8, 4) is 11.5 Å². The number of methoxy groups -OCH3 is 2. The molecule has 0 saturated carbocycles. The zero-order chi connectivity index (χ0) is 21.0. The lowest BCUT2D eigenvalue weighted by Crippen LogP contribution is -2.35. The highest BCUT2D eigenvalue weighted by molar-refractivity contribution is 5.92. The van der Waals surface area contributed by atoms with Crippen molar-refractivity contribution in [3.63, 3.8) is 0 Å². The first kappa shape index (κ1) is 20.1. The van der Waals surface area contributed by atoms with Gasteiger partial charge in [-0.2, -0.15) is 0 Å². The van der Waals surface area contributed by atoms with E-state index in [1.165, 1.54) is 6.92 Å². The van der Waals surface area contributed by atoms with E-state index in [0.717, 1.165) is 5.56 Å². The summed E-state index contributed by atoms with van der Waals surface area (Å²) in [5, 5.41) is 10.6. The van der Waals surface area contributed by atoms with Crippen LogP contribution in [-0.2, 0) is 16.1 Å². The van der Waals surface area contributed by atoms with Crippen LogP contribution in [0.25, 0.3) is 5.65 Å². The van der Waals surface area contributed by atoms with Crippen LogP contribution in [0.2, 0.25) is 0 Å². The Bertz CT molecular complexity index is 1050. The molecule has 0 radical (unpaired) electrons. The quantitative estimate of drug-likeness (QED) is 0.606. The van der Waals surface area contributed by atoms with E-state index in [2.05, 4.69) is 15.5 Å². The average Bonchev–Trinajstić information content (AvgIpc) is 3.11. The molecule has 0 saturated heterocycles. The van der Waals surface area contributed by atoms with E-state index in [1.54, 1.807) is 56.0 Å². The molecular weight excluding hydrogens is 376 g/mol. The highest BCUT2D eigenvalue weighted by Crippen LogP contribution is 2.27. The fraction of sp³-hybridized carbons (Fsp3) is 0.300. The van der Waals surface area contributed by atoms with E-state index >= 15 is 0 Å². The molecule has 2 aromatic heterocycles. The highest BCUT2D eigenvalue weighted by Gasteiger charge is 2.19. The summed E-state index contributed by atoms with van der Waals surface area (Å²) in [5.41, 5.74) is 1.75. The second-order valence-electron chi connectivity index (χ2n) is 6.35. The fourth-order valence-electron chi connectivity index (χ4n) is 2.73. The monoisotopic (exact) mass is 398 g/mol. The Balaban J connectivity index is 1.59. The van der Waals surface area contributed by atoms with Crippen LogP contribution in [0.5, 0.6) is 11.5 Å². The summed E-state index contributed by atoms with van der Waals surface area (Å²) in [4.78, 5) is 24.7. The van der Waals surface area contributed by atoms with E-state index in [0.29, 0.717) is 28.5 Å². The summed E-state index contributed by atoms with van der Waals surface area (Å²) in [6, 6.07) is 8.59. The molecule has 1 N–H and O–H groups in total. The molecule has 0 bridgehead atoms. The number of fused-ring (bicyclic) bond motifs is 1. The summed E-state index contributed by atoms with van der Waals surface area (Å²) in [7, 11) is 3.10. The van der Waals surface area contributed by atoms with Crippen molar-refractivity contribution in [1.82, 2.24) is 19.9 Å². The Kier molecular flexibility index (Phi) is 5.96. The maximum absolute atomic E-state index is 12.4. The zero-order valence-electron chi connectivity index (χ0n) is 16.6. The van der Waals surface area contributed by atoms with Gasteiger partial charge in [0.15, 0.2) is 23.3 Å². The summed E-state index contributed by atoms with van der Waals surface area (Å²) < 4.78 is 17.4. The standard InChI is InChI=1S/C20H22N4O5/c1-12(19(25)21-10-14-5-7-16(27-3)17(9-14)28-4)29-20(26)15-6-8-18-23-22-13(2)24(18)11-15/h5-9,11-12H,10H2,1-4H3,(H,21,25). The fourth-order valence-corrected chi connectivity index (χ4v) is 2.73. The molecule has 3 aromatic rings. The average molecular weight is 398 g/mol. The predicted molar refractivity (Wildman–Crippen MR) is 104 cm³/mol. The lowest BCUT2D eigenvalue weighted by Gasteiger charge is -2.14. The van der Waals surface area contributed by atoms with Crippen molar-refractivity contribution in [3.05, 3.63) is 53.5 Å². The number of ether oxygens (including phenoxy) is 3. The largest absolute Gasteiger partial charge is 0.493 e. The van der Waals surface area contributed by atoms with Gasteiger partial charge in [0.05, 0.1) is 19.8 Å². The lowest BCUT2D eigenvalue weighted by molar-refractivity contribution is -0.129. The molecule has 0 fully saturated rings. The van der Waals surface area contributed by atoms with Crippen molar-refractivity contribution >= 4 is 17.5 Å². The number of hydrogen-bond acceptors (Lipinski definition) is 7. The number of nitrogens with one attached hydrogen (secondary N) is 1. The molecule has 0 aliphatic heterocycles. The maximum Gasteiger partial charge on any atom is 0.340 e. The van der Waals surface area contributed by atoms with Gasteiger partial charge in [-0.05, 0) is 43.7 Å². The minimum Gasteiger partial charge on any atom is -0.493 e. The Morgan fingerprint density at radius 1 is 1.10 bits per heavy atom. The third kappa shape index (κ3) is 4.45. The Hall–Kier alpha value is -3.62. The van der Waals surface area contributed by atoms with Crippen molar-refractivity contribution in [2.75, 3.05) is 14.2 Å². The molecule has 0 aliphatic rings. The summed E-state index contributed by atoms with van der Waals surface area (Å²) in [5.74, 6) is 0.808. The number of hydrogen-bond donors (Lipinski definition) is 1. The minimum atomic E-state index is -0.958. The molecule has 1 aromatic carbocycles. The summed E-state index contributed by atoms with van der Waals surface area (Å²) in [6.07, 6.45) is 0.627. The van der Waals surface area contributed by atoms with Gasteiger partial charge in [0, 0.05) is 12.7 Å². The molecule has 9 nitrogen and oxygen atoms in total. The lowest BCUT2D eigenvalue weighted by atomic mass is 10.2. The van der Waals surface area contributed by atoms with Crippen LogP contribution in [0.15, 0.2) is 36.5 Å². The summed E-state index contributed by atoms with van der Waals surface area (Å²) >= 11 is 0. The van der Waals surface area contributed by atoms with E-state index < -0.39 is 18.0 Å². The predicted octanol–water partition coefficient (Wildman–Crippen LogP) is 1.92. The van der Waals surface area contributed by atoms with Gasteiger partial charge in [-0.3, -0.25) is 9.20 Å². The number of nitrogens with zero attached hydrogens (tertiary/aromatic N) is 3. The van der Waals surface area contributed by atoms with Gasteiger partial charge in [-0.25, -0.2) is 4.79 Å². The number of esters is 1. The normalized spacial score (nSPS) is 11.7. The van der Waals surface area contributed by atoms with E-state index in [-0.39, 0.29) is 6.54 Å². The summed E-state index contributed by atoms with van der Waals surface area (Å²) in [6.45, 7) is 3.55. The minimum absolute atomic E-state index is 0.257. The van der Waals surface area contributed by atoms with Crippen LogP contribution in [-0.4, -0.2) is 46.8 Å². The van der Waals surface area contributed by atoms with Gasteiger partial charge in [0.2, 0.25) is 0 Å². The number of rotatable bonds is 7. The zero-order valence-corrected chi connectivity index (χ0v) is 16.6. The Morgan fingerprint density at radius 3 is 2.59 bits per heavy atom. The molecular formula is C20H22N4O5. The van der Waals surface area contributed by atoms with Gasteiger partial charge in [0.1, 0.15) is 5.82 Å². The third-order valence-electron chi connectivity index (χ3n) is 4.38. The number of carbonyl (C=O) groups excluding carboxylic acids is 2. The molecule has 0 spiro atoms. The third-order valence-corrected chi connectivity index (χ3v) is 4.38. The number of aryl methyl sites for hydroxylation is 1. The maximum atomic E-state index is 12.4. The van der Waals surface area contributed by atoms with Crippen LogP contribution in [0.1, 0.15) is 28.7 Å². The first-order valence-electron chi connectivity index (χ1n) is 8.94. The number of benzene rings is 1. The first-order chi connectivity index (χ1) is 13.9. The SMILES string of the molecule is COc1ccc(CNC(=O)C(C)OC(=O)c2ccc3nnc(C)n3c2)cc1OC. The molecule has 1 atom stereocenters. The number of amides is 1. The van der Waals surface area contributed by atoms with Crippen LogP contribution in [0, 0.1) is 6.92 Å². The molecule has 2 heterocycles. The number of aromatic nitrogens is 3. The molecule has 3 rings (SSSR count). The van der Waals surface area contributed by atoms with Gasteiger partial charge in [-0.15, -0.1) is 10.2 Å². The molecule has 29 heavy (non-hydrogen) atoms. The van der Waals surface area contributed by atoms with Crippen molar-refractivity contribution in [2.24, 2.45) is 0 Å². The number of pyridine rings is 1. The molecule has 152 valence electrons. The van der Waals surface area contributed by atoms with Gasteiger partial charge in [0.25, 0.3) is 5.91 Å². The first-order valence-corrected chi connectivity index (χ1v) is 8.94. The topological polar surface area (TPSA) is 104 Å². The second kappa shape index (κ2) is 8.59. The molecule has 1 amide bonds. The Morgan fingerprint density at radius 2 is 1.86 bits per heavy atom. The van der Waals surface area contributed by atoms with E-state index in [4.69, 9.17) is 14.2 Å². The van der Waals surface area contributed by atoms with E-state index in [9.17, 15) is 9.59 Å². The second-order valence-corrected chi connectivity index (χ2v) is 6.35. The van der Waals surface area contributed by atoms with Crippen LogP contribution >= 0.6 is 0 Å². The van der Waals surface area contributed by atoms with Gasteiger partial charge < -0.3 is 19.5 Å². The van der Waals surface area contributed by atoms with Crippen LogP contribution in [0.4, 0.5) is 0 Å². The molecule has 9 heteroatoms.